The lowest BCUT2D eigenvalue weighted by Gasteiger charge is -2.45. The first-order valence-corrected chi connectivity index (χ1v) is 19.0. The lowest BCUT2D eigenvalue weighted by atomic mass is 9.74. The van der Waals surface area contributed by atoms with E-state index in [1.54, 1.807) is 35.0 Å². The van der Waals surface area contributed by atoms with Crippen molar-refractivity contribution in [2.75, 3.05) is 68.1 Å². The number of amides is 1. The molecule has 1 aromatic carbocycles. The Balaban J connectivity index is 1.57. The van der Waals surface area contributed by atoms with E-state index in [0.717, 1.165) is 37.4 Å². The van der Waals surface area contributed by atoms with E-state index in [1.807, 2.05) is 55.8 Å². The molecule has 52 heavy (non-hydrogen) atoms. The van der Waals surface area contributed by atoms with Crippen molar-refractivity contribution < 1.29 is 38.1 Å². The molecule has 12 nitrogen and oxygen atoms in total. The molecule has 0 N–H and O–H groups in total. The zero-order chi connectivity index (χ0) is 38.5. The SMILES string of the molecule is COc1cccc(CN2CCN(C(=O)[C@H]3[C@H](C)OC(=O)C(C)(C)C(=O)[C@H](C)[C@@H](O[C@H]4C[C@@H](N(C)C)C[C@@H](C)O4)[C@](C)(OC)C[C@@H](C)CN3C)CC2)c1. The average Bonchev–Trinajstić information content (AvgIpc) is 3.09. The van der Waals surface area contributed by atoms with Crippen molar-refractivity contribution in [3.8, 4) is 5.75 Å². The van der Waals surface area contributed by atoms with Gasteiger partial charge in [0, 0.05) is 64.8 Å². The van der Waals surface area contributed by atoms with Crippen LogP contribution in [-0.2, 0) is 39.9 Å². The van der Waals surface area contributed by atoms with Crippen LogP contribution in [-0.4, -0.2) is 148 Å². The molecule has 1 aromatic rings. The largest absolute Gasteiger partial charge is 0.497 e. The lowest BCUT2D eigenvalue weighted by molar-refractivity contribution is -0.263. The summed E-state index contributed by atoms with van der Waals surface area (Å²) in [5, 5.41) is 0. The zero-order valence-electron chi connectivity index (χ0n) is 33.8. The van der Waals surface area contributed by atoms with E-state index < -0.39 is 47.4 Å². The third-order valence-electron chi connectivity index (χ3n) is 11.6. The molecule has 3 heterocycles. The fraction of sp³-hybridized carbons (Fsp3) is 0.775. The molecule has 0 saturated carbocycles. The molecule has 3 saturated heterocycles. The fourth-order valence-corrected chi connectivity index (χ4v) is 8.49. The number of nitrogens with zero attached hydrogens (tertiary/aromatic N) is 4. The Kier molecular flexibility index (Phi) is 14.3. The Morgan fingerprint density at radius 2 is 1.67 bits per heavy atom. The zero-order valence-corrected chi connectivity index (χ0v) is 33.8. The predicted octanol–water partition coefficient (Wildman–Crippen LogP) is 4.09. The van der Waals surface area contributed by atoms with E-state index in [1.165, 1.54) is 0 Å². The third-order valence-corrected chi connectivity index (χ3v) is 11.6. The highest BCUT2D eigenvalue weighted by Crippen LogP contribution is 2.38. The van der Waals surface area contributed by atoms with E-state index in [9.17, 15) is 14.4 Å². The molecule has 3 aliphatic heterocycles. The van der Waals surface area contributed by atoms with Crippen molar-refractivity contribution in [2.45, 2.75) is 117 Å². The molecule has 3 fully saturated rings. The summed E-state index contributed by atoms with van der Waals surface area (Å²) >= 11 is 0. The van der Waals surface area contributed by atoms with E-state index in [0.29, 0.717) is 32.5 Å². The van der Waals surface area contributed by atoms with Gasteiger partial charge >= 0.3 is 5.97 Å². The maximum absolute atomic E-state index is 14.4. The molecule has 0 unspecified atom stereocenters. The molecule has 3 aliphatic rings. The first-order chi connectivity index (χ1) is 24.4. The molecule has 0 bridgehead atoms. The van der Waals surface area contributed by atoms with Gasteiger partial charge in [0.2, 0.25) is 5.91 Å². The topological polar surface area (TPSA) is 110 Å². The highest BCUT2D eigenvalue weighted by atomic mass is 16.7. The Morgan fingerprint density at radius 1 is 1.00 bits per heavy atom. The summed E-state index contributed by atoms with van der Waals surface area (Å²) in [6.07, 6.45) is -0.00724. The van der Waals surface area contributed by atoms with Crippen LogP contribution in [0.4, 0.5) is 0 Å². The Labute approximate surface area is 312 Å². The smallest absolute Gasteiger partial charge is 0.319 e. The second kappa shape index (κ2) is 17.7. The highest BCUT2D eigenvalue weighted by Gasteiger charge is 2.51. The van der Waals surface area contributed by atoms with Crippen molar-refractivity contribution in [2.24, 2.45) is 17.3 Å². The normalized spacial score (nSPS) is 34.6. The number of ether oxygens (including phenoxy) is 5. The highest BCUT2D eigenvalue weighted by molar-refractivity contribution is 6.04. The van der Waals surface area contributed by atoms with Crippen LogP contribution < -0.4 is 4.74 Å². The van der Waals surface area contributed by atoms with Crippen LogP contribution in [0.25, 0.3) is 0 Å². The summed E-state index contributed by atoms with van der Waals surface area (Å²) < 4.78 is 30.9. The summed E-state index contributed by atoms with van der Waals surface area (Å²) in [4.78, 5) is 51.1. The quantitative estimate of drug-likeness (QED) is 0.285. The number of likely N-dealkylation sites (N-methyl/N-ethyl adjacent to an activating group) is 1. The Morgan fingerprint density at radius 3 is 2.29 bits per heavy atom. The molecule has 9 atom stereocenters. The first-order valence-electron chi connectivity index (χ1n) is 19.0. The van der Waals surface area contributed by atoms with Gasteiger partial charge < -0.3 is 33.5 Å². The molecule has 4 rings (SSSR count). The van der Waals surface area contributed by atoms with Crippen molar-refractivity contribution in [3.63, 3.8) is 0 Å². The van der Waals surface area contributed by atoms with E-state index in [-0.39, 0.29) is 29.8 Å². The summed E-state index contributed by atoms with van der Waals surface area (Å²) in [6, 6.07) is 7.57. The summed E-state index contributed by atoms with van der Waals surface area (Å²) in [6.45, 7) is 16.8. The van der Waals surface area contributed by atoms with Gasteiger partial charge in [-0.15, -0.1) is 0 Å². The number of Topliss-reactive ketones (excluding diaryl/α,β-unsaturated/α-hetero) is 1. The molecule has 0 radical (unpaired) electrons. The molecule has 0 aliphatic carbocycles. The van der Waals surface area contributed by atoms with Crippen LogP contribution in [0, 0.1) is 17.3 Å². The van der Waals surface area contributed by atoms with E-state index >= 15 is 0 Å². The molecule has 1 amide bonds. The van der Waals surface area contributed by atoms with Crippen LogP contribution >= 0.6 is 0 Å². The van der Waals surface area contributed by atoms with Crippen LogP contribution in [0.1, 0.15) is 73.3 Å². The molecule has 0 spiro atoms. The molecular weight excluding hydrogens is 664 g/mol. The summed E-state index contributed by atoms with van der Waals surface area (Å²) in [7, 11) is 9.34. The number of benzene rings is 1. The number of ketones is 1. The number of rotatable bonds is 8. The number of methoxy groups -OCH3 is 2. The van der Waals surface area contributed by atoms with Crippen LogP contribution in [0.3, 0.4) is 0 Å². The van der Waals surface area contributed by atoms with Crippen LogP contribution in [0.2, 0.25) is 0 Å². The van der Waals surface area contributed by atoms with Crippen LogP contribution in [0.15, 0.2) is 24.3 Å². The summed E-state index contributed by atoms with van der Waals surface area (Å²) in [5.74, 6) is -0.927. The number of hydrogen-bond acceptors (Lipinski definition) is 11. The molecular formula is C40H66N4O8. The maximum Gasteiger partial charge on any atom is 0.319 e. The van der Waals surface area contributed by atoms with Gasteiger partial charge in [0.15, 0.2) is 12.1 Å². The predicted molar refractivity (Wildman–Crippen MR) is 200 cm³/mol. The van der Waals surface area contributed by atoms with Crippen LogP contribution in [0.5, 0.6) is 5.75 Å². The van der Waals surface area contributed by atoms with Gasteiger partial charge in [-0.2, -0.15) is 0 Å². The minimum Gasteiger partial charge on any atom is -0.497 e. The van der Waals surface area contributed by atoms with E-state index in [2.05, 4.69) is 36.9 Å². The average molecular weight is 731 g/mol. The molecule has 12 heteroatoms. The van der Waals surface area contributed by atoms with Gasteiger partial charge in [0.1, 0.15) is 23.3 Å². The van der Waals surface area contributed by atoms with Gasteiger partial charge in [-0.1, -0.05) is 26.0 Å². The summed E-state index contributed by atoms with van der Waals surface area (Å²) in [5.41, 5.74) is -1.26. The number of piperazine rings is 1. The number of carbonyl (C=O) groups excluding carboxylic acids is 3. The van der Waals surface area contributed by atoms with Crippen molar-refractivity contribution in [1.29, 1.82) is 0 Å². The van der Waals surface area contributed by atoms with E-state index in [4.69, 9.17) is 23.7 Å². The Hall–Kier alpha value is -2.61. The monoisotopic (exact) mass is 730 g/mol. The lowest BCUT2D eigenvalue weighted by Crippen LogP contribution is -2.58. The first kappa shape index (κ1) is 42.1. The molecule has 0 aromatic heterocycles. The van der Waals surface area contributed by atoms with Crippen molar-refractivity contribution in [3.05, 3.63) is 29.8 Å². The third kappa shape index (κ3) is 9.92. The number of hydrogen-bond donors (Lipinski definition) is 0. The van der Waals surface area contributed by atoms with Crippen molar-refractivity contribution in [1.82, 2.24) is 19.6 Å². The number of esters is 1. The van der Waals surface area contributed by atoms with Gasteiger partial charge in [0.25, 0.3) is 0 Å². The van der Waals surface area contributed by atoms with Crippen molar-refractivity contribution >= 4 is 17.7 Å². The Bertz CT molecular complexity index is 1370. The van der Waals surface area contributed by atoms with Gasteiger partial charge in [-0.25, -0.2) is 0 Å². The maximum atomic E-state index is 14.4. The second-order valence-corrected chi connectivity index (χ2v) is 16.6. The minimum atomic E-state index is -1.51. The second-order valence-electron chi connectivity index (χ2n) is 16.6. The minimum absolute atomic E-state index is 0.0217. The number of cyclic esters (lactones) is 1. The van der Waals surface area contributed by atoms with Gasteiger partial charge in [-0.3, -0.25) is 24.2 Å². The number of carbonyl (C=O) groups is 3. The van der Waals surface area contributed by atoms with Gasteiger partial charge in [0.05, 0.1) is 24.9 Å². The molecule has 294 valence electrons. The fourth-order valence-electron chi connectivity index (χ4n) is 8.49. The van der Waals surface area contributed by atoms with Gasteiger partial charge in [-0.05, 0) is 92.2 Å². The standard InChI is InChI=1S/C40H66N4O8/c1-26-23-40(7,49-12)36(52-33-22-31(41(8)9)20-27(2)50-33)28(3)35(45)39(5,6)38(47)51-29(4)34(42(10)24-26)37(46)44-18-16-43(17-19-44)25-30-14-13-15-32(21-30)48-11/h13-15,21,26-29,31,33-34,36H,16-20,22-25H2,1-12H3/t26-,27-,28+,29+,31+,33+,34-,36-,40-/m1/s1.